The highest BCUT2D eigenvalue weighted by Gasteiger charge is 2.14. The zero-order valence-electron chi connectivity index (χ0n) is 11.0. The Morgan fingerprint density at radius 2 is 1.67 bits per heavy atom. The van der Waals surface area contributed by atoms with Crippen LogP contribution in [-0.4, -0.2) is 56.1 Å². The smallest absolute Gasteiger partial charge is 0.0107 e. The molecule has 0 saturated carbocycles. The molecule has 0 aliphatic rings. The third-order valence-corrected chi connectivity index (χ3v) is 2.97. The van der Waals surface area contributed by atoms with Crippen molar-refractivity contribution in [3.63, 3.8) is 0 Å². The summed E-state index contributed by atoms with van der Waals surface area (Å²) in [4.78, 5) is 4.78. The summed E-state index contributed by atoms with van der Waals surface area (Å²) in [7, 11) is 4.27. The van der Waals surface area contributed by atoms with Gasteiger partial charge in [-0.05, 0) is 59.5 Å². The van der Waals surface area contributed by atoms with E-state index in [2.05, 4.69) is 37.7 Å². The molecule has 3 nitrogen and oxygen atoms in total. The normalized spacial score (nSPS) is 13.8. The molecule has 0 aliphatic carbocycles. The molecule has 0 bridgehead atoms. The molecule has 0 aromatic carbocycles. The first-order chi connectivity index (χ1) is 7.15. The summed E-state index contributed by atoms with van der Waals surface area (Å²) >= 11 is 0. The van der Waals surface area contributed by atoms with Crippen molar-refractivity contribution in [2.75, 3.05) is 40.3 Å². The molecule has 92 valence electrons. The molecule has 0 fully saturated rings. The van der Waals surface area contributed by atoms with Crippen molar-refractivity contribution in [1.82, 2.24) is 9.80 Å². The minimum Gasteiger partial charge on any atom is -0.330 e. The summed E-state index contributed by atoms with van der Waals surface area (Å²) in [5.41, 5.74) is 5.67. The summed E-state index contributed by atoms with van der Waals surface area (Å²) in [6.07, 6.45) is 3.68. The van der Waals surface area contributed by atoms with Crippen LogP contribution in [-0.2, 0) is 0 Å². The molecule has 2 N–H and O–H groups in total. The standard InChI is InChI=1S/C12H29N3/c1-5-15(6-2)12(9-10-13)8-7-11-14(3)4/h12H,5-11,13H2,1-4H3. The van der Waals surface area contributed by atoms with E-state index in [1.807, 2.05) is 0 Å². The minimum atomic E-state index is 0.685. The quantitative estimate of drug-likeness (QED) is 0.631. The third-order valence-electron chi connectivity index (χ3n) is 2.97. The van der Waals surface area contributed by atoms with Crippen LogP contribution in [0.4, 0.5) is 0 Å². The molecule has 0 amide bonds. The molecular weight excluding hydrogens is 186 g/mol. The molecule has 1 atom stereocenters. The Hall–Kier alpha value is -0.120. The molecule has 0 aromatic heterocycles. The van der Waals surface area contributed by atoms with Crippen LogP contribution < -0.4 is 5.73 Å². The molecule has 0 heterocycles. The number of hydrogen-bond donors (Lipinski definition) is 1. The second-order valence-corrected chi connectivity index (χ2v) is 4.40. The molecule has 0 saturated heterocycles. The van der Waals surface area contributed by atoms with E-state index in [0.717, 1.165) is 26.1 Å². The van der Waals surface area contributed by atoms with E-state index in [0.29, 0.717) is 6.04 Å². The first kappa shape index (κ1) is 14.9. The lowest BCUT2D eigenvalue weighted by Crippen LogP contribution is -2.37. The maximum atomic E-state index is 5.67. The lowest BCUT2D eigenvalue weighted by atomic mass is 10.1. The van der Waals surface area contributed by atoms with Gasteiger partial charge < -0.3 is 15.5 Å². The summed E-state index contributed by atoms with van der Waals surface area (Å²) < 4.78 is 0. The SMILES string of the molecule is CCN(CC)C(CCN)CCCN(C)C. The Balaban J connectivity index is 3.91. The molecule has 0 spiro atoms. The van der Waals surface area contributed by atoms with Crippen molar-refractivity contribution in [2.24, 2.45) is 5.73 Å². The molecule has 0 rings (SSSR count). The van der Waals surface area contributed by atoms with Gasteiger partial charge >= 0.3 is 0 Å². The van der Waals surface area contributed by atoms with Gasteiger partial charge in [0.15, 0.2) is 0 Å². The zero-order valence-corrected chi connectivity index (χ0v) is 11.0. The van der Waals surface area contributed by atoms with Gasteiger partial charge in [0.1, 0.15) is 0 Å². The predicted octanol–water partition coefficient (Wildman–Crippen LogP) is 1.39. The van der Waals surface area contributed by atoms with E-state index in [1.54, 1.807) is 0 Å². The number of hydrogen-bond acceptors (Lipinski definition) is 3. The summed E-state index contributed by atoms with van der Waals surface area (Å²) in [5.74, 6) is 0. The van der Waals surface area contributed by atoms with E-state index in [9.17, 15) is 0 Å². The fourth-order valence-corrected chi connectivity index (χ4v) is 2.09. The van der Waals surface area contributed by atoms with E-state index in [4.69, 9.17) is 5.73 Å². The van der Waals surface area contributed by atoms with E-state index in [-0.39, 0.29) is 0 Å². The summed E-state index contributed by atoms with van der Waals surface area (Å²) in [6, 6.07) is 0.685. The van der Waals surface area contributed by atoms with Crippen molar-refractivity contribution in [2.45, 2.75) is 39.2 Å². The van der Waals surface area contributed by atoms with Crippen LogP contribution in [0.15, 0.2) is 0 Å². The molecule has 0 aromatic rings. The van der Waals surface area contributed by atoms with Crippen molar-refractivity contribution >= 4 is 0 Å². The van der Waals surface area contributed by atoms with Gasteiger partial charge in [0.2, 0.25) is 0 Å². The average molecular weight is 215 g/mol. The Bertz CT molecular complexity index is 133. The Labute approximate surface area is 95.6 Å². The highest BCUT2D eigenvalue weighted by atomic mass is 15.1. The second-order valence-electron chi connectivity index (χ2n) is 4.40. The topological polar surface area (TPSA) is 32.5 Å². The minimum absolute atomic E-state index is 0.685. The Morgan fingerprint density at radius 1 is 1.07 bits per heavy atom. The first-order valence-electron chi connectivity index (χ1n) is 6.24. The van der Waals surface area contributed by atoms with Crippen molar-refractivity contribution < 1.29 is 0 Å². The largest absolute Gasteiger partial charge is 0.330 e. The highest BCUT2D eigenvalue weighted by Crippen LogP contribution is 2.10. The van der Waals surface area contributed by atoms with Gasteiger partial charge in [0, 0.05) is 6.04 Å². The summed E-state index contributed by atoms with van der Waals surface area (Å²) in [6.45, 7) is 8.75. The van der Waals surface area contributed by atoms with Crippen molar-refractivity contribution in [3.8, 4) is 0 Å². The molecule has 1 unspecified atom stereocenters. The van der Waals surface area contributed by atoms with E-state index in [1.165, 1.54) is 19.4 Å². The Morgan fingerprint density at radius 3 is 2.07 bits per heavy atom. The molecule has 15 heavy (non-hydrogen) atoms. The lowest BCUT2D eigenvalue weighted by Gasteiger charge is -2.29. The van der Waals surface area contributed by atoms with E-state index < -0.39 is 0 Å². The van der Waals surface area contributed by atoms with Crippen LogP contribution in [0, 0.1) is 0 Å². The first-order valence-corrected chi connectivity index (χ1v) is 6.24. The summed E-state index contributed by atoms with van der Waals surface area (Å²) in [5, 5.41) is 0. The monoisotopic (exact) mass is 215 g/mol. The fraction of sp³-hybridized carbons (Fsp3) is 1.00. The third kappa shape index (κ3) is 6.88. The fourth-order valence-electron chi connectivity index (χ4n) is 2.09. The second kappa shape index (κ2) is 9.13. The van der Waals surface area contributed by atoms with Gasteiger partial charge in [0.05, 0.1) is 0 Å². The number of rotatable bonds is 9. The average Bonchev–Trinajstić information content (AvgIpc) is 2.19. The predicted molar refractivity (Wildman–Crippen MR) is 68.2 cm³/mol. The molecular formula is C12H29N3. The van der Waals surface area contributed by atoms with Gasteiger partial charge in [-0.2, -0.15) is 0 Å². The van der Waals surface area contributed by atoms with Crippen LogP contribution in [0.3, 0.4) is 0 Å². The van der Waals surface area contributed by atoms with Gasteiger partial charge in [-0.25, -0.2) is 0 Å². The molecule has 0 radical (unpaired) electrons. The van der Waals surface area contributed by atoms with Crippen LogP contribution >= 0.6 is 0 Å². The van der Waals surface area contributed by atoms with Gasteiger partial charge in [-0.1, -0.05) is 13.8 Å². The molecule has 3 heteroatoms. The number of nitrogens with two attached hydrogens (primary N) is 1. The van der Waals surface area contributed by atoms with Gasteiger partial charge in [0.25, 0.3) is 0 Å². The van der Waals surface area contributed by atoms with Crippen LogP contribution in [0.5, 0.6) is 0 Å². The molecule has 0 aliphatic heterocycles. The zero-order chi connectivity index (χ0) is 11.7. The lowest BCUT2D eigenvalue weighted by molar-refractivity contribution is 0.190. The number of nitrogens with zero attached hydrogens (tertiary/aromatic N) is 2. The van der Waals surface area contributed by atoms with E-state index >= 15 is 0 Å². The van der Waals surface area contributed by atoms with Gasteiger partial charge in [-0.3, -0.25) is 0 Å². The van der Waals surface area contributed by atoms with Gasteiger partial charge in [-0.15, -0.1) is 0 Å². The van der Waals surface area contributed by atoms with Crippen molar-refractivity contribution in [1.29, 1.82) is 0 Å². The van der Waals surface area contributed by atoms with Crippen molar-refractivity contribution in [3.05, 3.63) is 0 Å². The highest BCUT2D eigenvalue weighted by molar-refractivity contribution is 4.71. The van der Waals surface area contributed by atoms with Crippen LogP contribution in [0.25, 0.3) is 0 Å². The maximum Gasteiger partial charge on any atom is 0.0107 e. The van der Waals surface area contributed by atoms with Crippen LogP contribution in [0.2, 0.25) is 0 Å². The Kier molecular flexibility index (Phi) is 9.06. The van der Waals surface area contributed by atoms with Crippen LogP contribution in [0.1, 0.15) is 33.1 Å². The maximum absolute atomic E-state index is 5.67.